The van der Waals surface area contributed by atoms with Gasteiger partial charge in [-0.15, -0.1) is 6.58 Å². The Morgan fingerprint density at radius 1 is 0.690 bits per heavy atom. The first kappa shape index (κ1) is 39.6. The van der Waals surface area contributed by atoms with E-state index >= 15 is 0 Å². The van der Waals surface area contributed by atoms with Crippen LogP contribution in [-0.2, 0) is 82.5 Å². The van der Waals surface area contributed by atoms with Crippen molar-refractivity contribution in [2.45, 2.75) is 6.92 Å². The maximum absolute atomic E-state index is 9.29. The third-order valence-corrected chi connectivity index (χ3v) is 1.82. The maximum atomic E-state index is 9.29. The molecule has 3 aromatic rings. The average Bonchev–Trinajstić information content (AvgIpc) is 2.66. The van der Waals surface area contributed by atoms with Crippen molar-refractivity contribution in [1.29, 1.82) is 0 Å². The summed E-state index contributed by atoms with van der Waals surface area (Å²) in [6.45, 7) is 5.25. The van der Waals surface area contributed by atoms with Gasteiger partial charge < -0.3 is 27.7 Å². The van der Waals surface area contributed by atoms with Crippen LogP contribution in [0.25, 0.3) is 0 Å². The predicted molar refractivity (Wildman–Crippen MR) is 113 cm³/mol. The van der Waals surface area contributed by atoms with E-state index in [-0.39, 0.29) is 58.4 Å². The molecule has 0 aliphatic heterocycles. The Balaban J connectivity index is -0.0000000821. The molecule has 0 bridgehead atoms. The number of hydrogen-bond acceptors (Lipinski definition) is 4. The molecule has 140 valence electrons. The molecule has 0 aliphatic rings. The molecule has 0 unspecified atom stereocenters. The summed E-state index contributed by atoms with van der Waals surface area (Å²) < 4.78 is 0. The molecule has 29 heavy (non-hydrogen) atoms. The van der Waals surface area contributed by atoms with Gasteiger partial charge in [0.2, 0.25) is 0 Å². The summed E-state index contributed by atoms with van der Waals surface area (Å²) in [5.41, 5.74) is -3.72. The zero-order chi connectivity index (χ0) is 19.9. The molecule has 0 N–H and O–H groups in total. The summed E-state index contributed by atoms with van der Waals surface area (Å²) in [6, 6.07) is 37.5. The third kappa shape index (κ3) is 58.4. The monoisotopic (exact) mass is 592 g/mol. The van der Waals surface area contributed by atoms with Crippen LogP contribution < -0.4 is 9.79 Å². The molecule has 0 aliphatic carbocycles. The van der Waals surface area contributed by atoms with Crippen LogP contribution in [0.1, 0.15) is 6.92 Å². The molecule has 0 saturated carbocycles. The van der Waals surface area contributed by atoms with Crippen LogP contribution in [0.15, 0.2) is 104 Å². The fourth-order valence-electron chi connectivity index (χ4n) is 1.03. The van der Waals surface area contributed by atoms with E-state index in [1.54, 1.807) is 6.08 Å². The quantitative estimate of drug-likeness (QED) is 0.129. The summed E-state index contributed by atoms with van der Waals surface area (Å²) in [4.78, 5) is 18.6. The Hall–Kier alpha value is 0.190. The van der Waals surface area contributed by atoms with Gasteiger partial charge in [0.1, 0.15) is 0 Å². The fourth-order valence-corrected chi connectivity index (χ4v) is 1.03. The van der Waals surface area contributed by atoms with Crippen LogP contribution in [-0.4, -0.2) is 0 Å². The van der Waals surface area contributed by atoms with Gasteiger partial charge in [-0.2, -0.15) is 121 Å². The smallest absolute Gasteiger partial charge is 0.850 e. The molecule has 0 spiro atoms. The molecule has 0 heterocycles. The van der Waals surface area contributed by atoms with Gasteiger partial charge in [0.25, 0.3) is 0 Å². The van der Waals surface area contributed by atoms with Gasteiger partial charge in [-0.1, -0.05) is 6.08 Å². The normalized spacial score (nSPS) is 7.45. The van der Waals surface area contributed by atoms with E-state index in [1.165, 1.54) is 0 Å². The molecule has 0 atom stereocenters. The average molecular weight is 597 g/mol. The summed E-state index contributed by atoms with van der Waals surface area (Å²) in [5.74, 6) is 0. The van der Waals surface area contributed by atoms with Crippen LogP contribution in [0, 0.1) is 18.2 Å². The topological polar surface area (TPSA) is 46.1 Å². The first-order chi connectivity index (χ1) is 12.4. The molecule has 0 amide bonds. The van der Waals surface area contributed by atoms with E-state index in [2.05, 4.69) is 48.8 Å². The maximum Gasteiger partial charge on any atom is 2.00 e. The van der Waals surface area contributed by atoms with Crippen molar-refractivity contribution in [3.05, 3.63) is 122 Å². The van der Waals surface area contributed by atoms with Crippen molar-refractivity contribution in [3.63, 3.8) is 0 Å². The second kappa shape index (κ2) is 32.8. The van der Waals surface area contributed by atoms with E-state index in [1.807, 2.05) is 97.9 Å². The standard InChI is InChI=1S/3C6H5.C3H6.H3O2PS2.3Zn/c3*1-2-4-6-5-3-1;1-3-2;1-3(2,4)5;;;/h3*1-5H;3H,1H2,2H3;(H3,1,2,4,5);;;/q3*-1;;;3*+2/p-3. The minimum absolute atomic E-state index is 0. The van der Waals surface area contributed by atoms with Crippen molar-refractivity contribution in [2.75, 3.05) is 0 Å². The molecule has 3 rings (SSSR count). The fraction of sp³-hybridized carbons (Fsp3) is 0.0476. The Bertz CT molecular complexity index is 495. The first-order valence-electron chi connectivity index (χ1n) is 7.45. The van der Waals surface area contributed by atoms with E-state index in [0.29, 0.717) is 0 Å². The summed E-state index contributed by atoms with van der Waals surface area (Å²) in [7, 11) is 0. The van der Waals surface area contributed by atoms with Crippen molar-refractivity contribution in [2.24, 2.45) is 0 Å². The first-order valence-corrected chi connectivity index (χ1v) is 11.1. The molecular formula is C21H21O2PS2Zn3. The van der Waals surface area contributed by atoms with Crippen LogP contribution >= 0.6 is 5.69 Å². The van der Waals surface area contributed by atoms with Crippen LogP contribution in [0.5, 0.6) is 0 Å². The van der Waals surface area contributed by atoms with Crippen molar-refractivity contribution in [3.8, 4) is 0 Å². The van der Waals surface area contributed by atoms with Gasteiger partial charge in [-0.3, -0.25) is 0 Å². The summed E-state index contributed by atoms with van der Waals surface area (Å²) in [5, 5.41) is 0. The van der Waals surface area contributed by atoms with Gasteiger partial charge in [0.15, 0.2) is 0 Å². The number of benzene rings is 3. The van der Waals surface area contributed by atoms with Crippen LogP contribution in [0.3, 0.4) is 0 Å². The Morgan fingerprint density at radius 3 is 0.862 bits per heavy atom. The van der Waals surface area contributed by atoms with E-state index in [0.717, 1.165) is 0 Å². The van der Waals surface area contributed by atoms with E-state index in [4.69, 9.17) is 0 Å². The van der Waals surface area contributed by atoms with Gasteiger partial charge in [-0.25, -0.2) is 0 Å². The minimum Gasteiger partial charge on any atom is -0.850 e. The van der Waals surface area contributed by atoms with E-state index < -0.39 is 5.69 Å². The Kier molecular flexibility index (Phi) is 44.9. The molecule has 0 aromatic heterocycles. The summed E-state index contributed by atoms with van der Waals surface area (Å²) >= 11 is 7.28. The zero-order valence-corrected chi connectivity index (χ0v) is 28.1. The number of hydrogen-bond donors (Lipinski definition) is 0. The SMILES string of the molecule is C=CC.[O-]P([O-])(=S)[S-].[Zn+2].[Zn+2].[Zn+2].[c-]1ccccc1.[c-]1ccccc1.[c-]1ccccc1. The van der Waals surface area contributed by atoms with Crippen molar-refractivity contribution >= 4 is 29.7 Å². The van der Waals surface area contributed by atoms with Gasteiger partial charge in [0.05, 0.1) is 0 Å². The second-order valence-electron chi connectivity index (χ2n) is 4.09. The number of rotatable bonds is 0. The van der Waals surface area contributed by atoms with Crippen LogP contribution in [0.4, 0.5) is 0 Å². The zero-order valence-electron chi connectivity index (χ0n) is 16.6. The molecule has 0 fully saturated rings. The second-order valence-corrected chi connectivity index (χ2v) is 8.56. The number of allylic oxidation sites excluding steroid dienone is 1. The van der Waals surface area contributed by atoms with E-state index in [9.17, 15) is 9.79 Å². The molecule has 2 nitrogen and oxygen atoms in total. The molecule has 8 heteroatoms. The Labute approximate surface area is 224 Å². The molecule has 0 saturated heterocycles. The molecule has 3 aromatic carbocycles. The van der Waals surface area contributed by atoms with Gasteiger partial charge >= 0.3 is 58.4 Å². The minimum atomic E-state index is -3.72. The Morgan fingerprint density at radius 2 is 0.828 bits per heavy atom. The molecular weight excluding hydrogens is 576 g/mol. The third-order valence-electron chi connectivity index (χ3n) is 1.82. The van der Waals surface area contributed by atoms with Crippen molar-refractivity contribution in [1.82, 2.24) is 0 Å². The largest absolute Gasteiger partial charge is 2.00 e. The van der Waals surface area contributed by atoms with Crippen LogP contribution in [0.2, 0.25) is 0 Å². The predicted octanol–water partition coefficient (Wildman–Crippen LogP) is 4.12. The molecule has 0 radical (unpaired) electrons. The van der Waals surface area contributed by atoms with Gasteiger partial charge in [-0.05, 0) is 6.92 Å². The summed E-state index contributed by atoms with van der Waals surface area (Å²) in [6.07, 6.45) is 1.75. The van der Waals surface area contributed by atoms with Gasteiger partial charge in [0, 0.05) is 0 Å². The van der Waals surface area contributed by atoms with Crippen molar-refractivity contribution < 1.29 is 68.2 Å².